The number of hydrogen-bond donors (Lipinski definition) is 1. The summed E-state index contributed by atoms with van der Waals surface area (Å²) in [5.41, 5.74) is 2.75. The average molecular weight is 323 g/mol. The number of nitrogens with one attached hydrogen (secondary N) is 1. The lowest BCUT2D eigenvalue weighted by Gasteiger charge is -2.36. The zero-order valence-corrected chi connectivity index (χ0v) is 14.9. The highest BCUT2D eigenvalue weighted by molar-refractivity contribution is 5.46. The maximum absolute atomic E-state index is 4.63. The van der Waals surface area contributed by atoms with Crippen LogP contribution >= 0.6 is 0 Å². The Balaban J connectivity index is 1.80. The Morgan fingerprint density at radius 1 is 1.12 bits per heavy atom. The second-order valence-electron chi connectivity index (χ2n) is 7.18. The van der Waals surface area contributed by atoms with Crippen molar-refractivity contribution in [2.24, 2.45) is 5.92 Å². The van der Waals surface area contributed by atoms with Gasteiger partial charge in [-0.25, -0.2) is 4.98 Å². The van der Waals surface area contributed by atoms with Gasteiger partial charge in [-0.1, -0.05) is 56.7 Å². The van der Waals surface area contributed by atoms with E-state index in [-0.39, 0.29) is 0 Å². The predicted octanol–water partition coefficient (Wildman–Crippen LogP) is 4.88. The number of nitrogens with zero attached hydrogens (tertiary/aromatic N) is 2. The summed E-state index contributed by atoms with van der Waals surface area (Å²) < 4.78 is 0. The van der Waals surface area contributed by atoms with Crippen molar-refractivity contribution in [3.63, 3.8) is 0 Å². The Bertz CT molecular complexity index is 624. The average Bonchev–Trinajstić information content (AvgIpc) is 2.62. The third-order valence-corrected chi connectivity index (χ3v) is 4.72. The van der Waals surface area contributed by atoms with Crippen molar-refractivity contribution in [3.8, 4) is 0 Å². The Morgan fingerprint density at radius 3 is 2.75 bits per heavy atom. The van der Waals surface area contributed by atoms with Gasteiger partial charge in [0, 0.05) is 30.9 Å². The molecule has 2 aromatic rings. The molecule has 0 spiro atoms. The van der Waals surface area contributed by atoms with Crippen molar-refractivity contribution in [3.05, 3.63) is 59.8 Å². The highest BCUT2D eigenvalue weighted by Gasteiger charge is 2.26. The highest BCUT2D eigenvalue weighted by atomic mass is 15.2. The van der Waals surface area contributed by atoms with Crippen LogP contribution in [0.5, 0.6) is 0 Å². The first-order chi connectivity index (χ1) is 11.7. The van der Waals surface area contributed by atoms with Crippen molar-refractivity contribution in [2.75, 3.05) is 18.4 Å². The monoisotopic (exact) mass is 323 g/mol. The molecule has 1 unspecified atom stereocenters. The van der Waals surface area contributed by atoms with E-state index >= 15 is 0 Å². The lowest BCUT2D eigenvalue weighted by Crippen LogP contribution is -2.33. The summed E-state index contributed by atoms with van der Waals surface area (Å²) in [4.78, 5) is 7.25. The van der Waals surface area contributed by atoms with Crippen LogP contribution < -0.4 is 5.32 Å². The van der Waals surface area contributed by atoms with Crippen molar-refractivity contribution < 1.29 is 0 Å². The van der Waals surface area contributed by atoms with Crippen LogP contribution in [-0.2, 0) is 6.54 Å². The topological polar surface area (TPSA) is 28.2 Å². The minimum Gasteiger partial charge on any atom is -0.370 e. The first-order valence-corrected chi connectivity index (χ1v) is 9.21. The highest BCUT2D eigenvalue weighted by Crippen LogP contribution is 2.35. The van der Waals surface area contributed by atoms with Gasteiger partial charge >= 0.3 is 0 Å². The largest absolute Gasteiger partial charge is 0.370 e. The Labute approximate surface area is 146 Å². The van der Waals surface area contributed by atoms with Crippen LogP contribution in [-0.4, -0.2) is 23.0 Å². The molecule has 0 amide bonds. The van der Waals surface area contributed by atoms with Crippen LogP contribution in [0.3, 0.4) is 0 Å². The zero-order chi connectivity index (χ0) is 16.8. The summed E-state index contributed by atoms with van der Waals surface area (Å²) in [6.45, 7) is 7.62. The zero-order valence-electron chi connectivity index (χ0n) is 14.9. The quantitative estimate of drug-likeness (QED) is 0.821. The van der Waals surface area contributed by atoms with E-state index < -0.39 is 0 Å². The maximum atomic E-state index is 4.63. The van der Waals surface area contributed by atoms with Gasteiger partial charge in [0.05, 0.1) is 0 Å². The van der Waals surface area contributed by atoms with Crippen LogP contribution in [0.15, 0.2) is 48.7 Å². The molecule has 2 heterocycles. The van der Waals surface area contributed by atoms with Crippen molar-refractivity contribution in [2.45, 2.75) is 45.7 Å². The molecule has 1 aliphatic heterocycles. The fourth-order valence-corrected chi connectivity index (χ4v) is 3.49. The molecule has 3 rings (SSSR count). The molecule has 0 radical (unpaired) electrons. The minimum atomic E-state index is 0.460. The summed E-state index contributed by atoms with van der Waals surface area (Å²) in [7, 11) is 0. The molecule has 0 bridgehead atoms. The third kappa shape index (κ3) is 4.35. The molecule has 1 aromatic carbocycles. The fraction of sp³-hybridized carbons (Fsp3) is 0.476. The first-order valence-electron chi connectivity index (χ1n) is 9.21. The van der Waals surface area contributed by atoms with Crippen LogP contribution in [0.2, 0.25) is 0 Å². The van der Waals surface area contributed by atoms with E-state index in [1.807, 2.05) is 6.20 Å². The smallest absolute Gasteiger partial charge is 0.130 e. The van der Waals surface area contributed by atoms with Gasteiger partial charge in [-0.3, -0.25) is 4.90 Å². The molecule has 1 atom stereocenters. The molecule has 1 saturated heterocycles. The minimum absolute atomic E-state index is 0.460. The third-order valence-electron chi connectivity index (χ3n) is 4.72. The molecule has 1 aromatic heterocycles. The summed E-state index contributed by atoms with van der Waals surface area (Å²) >= 11 is 0. The van der Waals surface area contributed by atoms with Gasteiger partial charge in [0.1, 0.15) is 5.82 Å². The number of rotatable bonds is 6. The second-order valence-corrected chi connectivity index (χ2v) is 7.18. The number of hydrogen-bond acceptors (Lipinski definition) is 3. The second kappa shape index (κ2) is 8.29. The summed E-state index contributed by atoms with van der Waals surface area (Å²) in [5.74, 6) is 1.68. The lowest BCUT2D eigenvalue weighted by molar-refractivity contribution is 0.140. The van der Waals surface area contributed by atoms with Gasteiger partial charge in [0.25, 0.3) is 0 Å². The Morgan fingerprint density at radius 2 is 1.96 bits per heavy atom. The normalized spacial score (nSPS) is 18.7. The molecule has 128 valence electrons. The number of benzene rings is 1. The molecule has 0 aliphatic carbocycles. The Hall–Kier alpha value is -1.87. The fourth-order valence-electron chi connectivity index (χ4n) is 3.49. The van der Waals surface area contributed by atoms with Crippen LogP contribution in [0.1, 0.15) is 50.3 Å². The van der Waals surface area contributed by atoms with Gasteiger partial charge in [-0.15, -0.1) is 0 Å². The molecular weight excluding hydrogens is 294 g/mol. The number of aromatic nitrogens is 1. The summed E-state index contributed by atoms with van der Waals surface area (Å²) in [6.07, 6.45) is 5.71. The molecule has 0 saturated carbocycles. The van der Waals surface area contributed by atoms with E-state index in [9.17, 15) is 0 Å². The maximum Gasteiger partial charge on any atom is 0.130 e. The molecule has 1 N–H and O–H groups in total. The van der Waals surface area contributed by atoms with Crippen molar-refractivity contribution >= 4 is 5.82 Å². The molecular formula is C21H29N3. The SMILES string of the molecule is CC(C)CNc1ncccc1C1CCCCN1Cc1ccccc1. The lowest BCUT2D eigenvalue weighted by atomic mass is 9.94. The van der Waals surface area contributed by atoms with E-state index in [1.165, 1.54) is 30.4 Å². The predicted molar refractivity (Wildman–Crippen MR) is 101 cm³/mol. The Kier molecular flexibility index (Phi) is 5.86. The number of piperidine rings is 1. The number of likely N-dealkylation sites (tertiary alicyclic amines) is 1. The van der Waals surface area contributed by atoms with Gasteiger partial charge in [-0.05, 0) is 36.9 Å². The van der Waals surface area contributed by atoms with Crippen molar-refractivity contribution in [1.82, 2.24) is 9.88 Å². The van der Waals surface area contributed by atoms with Gasteiger partial charge < -0.3 is 5.32 Å². The van der Waals surface area contributed by atoms with Gasteiger partial charge in [-0.2, -0.15) is 0 Å². The van der Waals surface area contributed by atoms with E-state index in [2.05, 4.69) is 71.5 Å². The molecule has 3 nitrogen and oxygen atoms in total. The van der Waals surface area contributed by atoms with Crippen LogP contribution in [0, 0.1) is 5.92 Å². The molecule has 24 heavy (non-hydrogen) atoms. The number of pyridine rings is 1. The van der Waals surface area contributed by atoms with E-state index in [1.54, 1.807) is 0 Å². The number of anilines is 1. The summed E-state index contributed by atoms with van der Waals surface area (Å²) in [6, 6.07) is 15.6. The van der Waals surface area contributed by atoms with E-state index in [0.29, 0.717) is 12.0 Å². The van der Waals surface area contributed by atoms with E-state index in [0.717, 1.165) is 25.5 Å². The van der Waals surface area contributed by atoms with E-state index in [4.69, 9.17) is 0 Å². The molecule has 1 fully saturated rings. The first kappa shape index (κ1) is 17.0. The van der Waals surface area contributed by atoms with Crippen LogP contribution in [0.25, 0.3) is 0 Å². The molecule has 1 aliphatic rings. The standard InChI is InChI=1S/C21H29N3/c1-17(2)15-23-21-19(11-8-13-22-21)20-12-6-7-14-24(20)16-18-9-4-3-5-10-18/h3-5,8-11,13,17,20H,6-7,12,14-16H2,1-2H3,(H,22,23). The molecule has 3 heteroatoms. The van der Waals surface area contributed by atoms with Crippen molar-refractivity contribution in [1.29, 1.82) is 0 Å². The van der Waals surface area contributed by atoms with Crippen LogP contribution in [0.4, 0.5) is 5.82 Å². The van der Waals surface area contributed by atoms with Gasteiger partial charge in [0.2, 0.25) is 0 Å². The van der Waals surface area contributed by atoms with Gasteiger partial charge in [0.15, 0.2) is 0 Å². The summed E-state index contributed by atoms with van der Waals surface area (Å²) in [5, 5.41) is 3.56.